The summed E-state index contributed by atoms with van der Waals surface area (Å²) in [5.74, 6) is -2.79. The average molecular weight is 1370 g/mol. The van der Waals surface area contributed by atoms with Crippen molar-refractivity contribution in [2.24, 2.45) is 0 Å². The highest BCUT2D eigenvalue weighted by Gasteiger charge is 2.24. The van der Waals surface area contributed by atoms with Gasteiger partial charge in [0.25, 0.3) is 0 Å². The van der Waals surface area contributed by atoms with Crippen molar-refractivity contribution in [1.29, 1.82) is 0 Å². The lowest BCUT2D eigenvalue weighted by atomic mass is 9.94. The summed E-state index contributed by atoms with van der Waals surface area (Å²) in [5, 5.41) is 53.6. The quantitative estimate of drug-likeness (QED) is 0.0123. The first-order valence-corrected chi connectivity index (χ1v) is 28.9. The summed E-state index contributed by atoms with van der Waals surface area (Å²) in [6.07, 6.45) is -0.923. The first-order valence-electron chi connectivity index (χ1n) is 25.3. The van der Waals surface area contributed by atoms with Gasteiger partial charge in [-0.15, -0.1) is 24.0 Å². The minimum Gasteiger partial charge on any atom is -0.478 e. The largest absolute Gasteiger partial charge is 0.478 e. The van der Waals surface area contributed by atoms with Crippen molar-refractivity contribution in [3.05, 3.63) is 188 Å². The normalized spacial score (nSPS) is 13.0. The fourth-order valence-electron chi connectivity index (χ4n) is 8.41. The molecule has 0 aromatic heterocycles. The van der Waals surface area contributed by atoms with Crippen molar-refractivity contribution in [2.45, 2.75) is 104 Å². The minimum atomic E-state index is -4.67. The van der Waals surface area contributed by atoms with E-state index >= 15 is 0 Å². The van der Waals surface area contributed by atoms with Gasteiger partial charge in [0.1, 0.15) is 11.6 Å². The van der Waals surface area contributed by atoms with Gasteiger partial charge >= 0.3 is 32.7 Å². The maximum atomic E-state index is 13.8. The van der Waals surface area contributed by atoms with Crippen LogP contribution in [0.3, 0.4) is 0 Å². The van der Waals surface area contributed by atoms with E-state index < -0.39 is 56.6 Å². The zero-order valence-electron chi connectivity index (χ0n) is 47.1. The van der Waals surface area contributed by atoms with E-state index in [0.29, 0.717) is 37.1 Å². The van der Waals surface area contributed by atoms with E-state index in [4.69, 9.17) is 68.4 Å². The van der Waals surface area contributed by atoms with Crippen LogP contribution < -0.4 is 10.6 Å². The van der Waals surface area contributed by atoms with E-state index in [2.05, 4.69) is 15.0 Å². The van der Waals surface area contributed by atoms with Gasteiger partial charge < -0.3 is 40.5 Å². The molecule has 0 amide bonds. The molecule has 462 valence electrons. The number of aryl methyl sites for hydroxylation is 2. The summed E-state index contributed by atoms with van der Waals surface area (Å²) < 4.78 is 99.1. The number of hydrogen-bond donors (Lipinski definition) is 10. The summed E-state index contributed by atoms with van der Waals surface area (Å²) in [7, 11) is -9.27. The van der Waals surface area contributed by atoms with Gasteiger partial charge in [-0.05, 0) is 160 Å². The molecule has 0 saturated heterocycles. The van der Waals surface area contributed by atoms with Crippen LogP contribution in [0.5, 0.6) is 0 Å². The number of benzene rings is 6. The molecule has 0 heterocycles. The molecule has 0 bridgehead atoms. The Bertz CT molecular complexity index is 3170. The Hall–Kier alpha value is -5.11. The molecule has 26 heteroatoms. The molecule has 84 heavy (non-hydrogen) atoms. The number of carboxylic acid groups (broad SMARTS) is 2. The van der Waals surface area contributed by atoms with Crippen LogP contribution in [0.15, 0.2) is 121 Å². The minimum absolute atomic E-state index is 0. The highest BCUT2D eigenvalue weighted by Crippen LogP contribution is 2.33. The van der Waals surface area contributed by atoms with Crippen molar-refractivity contribution >= 4 is 79.9 Å². The van der Waals surface area contributed by atoms with Gasteiger partial charge in [0.15, 0.2) is 0 Å². The molecule has 10 N–H and O–H groups in total. The Morgan fingerprint density at radius 1 is 0.583 bits per heavy atom. The number of carbonyl (C=O) groups is 2. The van der Waals surface area contributed by atoms with E-state index in [9.17, 15) is 38.8 Å². The second-order valence-corrected chi connectivity index (χ2v) is 23.1. The number of β-amino-alcohol motifs (C(OH)–C–C–N with tert-alkyl or cyclic N) is 2. The number of hydrogen-bond acceptors (Lipinski definition) is 14. The summed E-state index contributed by atoms with van der Waals surface area (Å²) in [5.41, 5.74) is 8.44. The van der Waals surface area contributed by atoms with Crippen molar-refractivity contribution in [2.75, 3.05) is 26.3 Å². The fourth-order valence-corrected chi connectivity index (χ4v) is 8.65. The number of aromatic carboxylic acids is 2. The van der Waals surface area contributed by atoms with Crippen LogP contribution in [0.1, 0.15) is 108 Å². The zero-order chi connectivity index (χ0) is 62.6. The van der Waals surface area contributed by atoms with E-state index in [1.807, 2.05) is 102 Å². The van der Waals surface area contributed by atoms with Crippen LogP contribution in [0.25, 0.3) is 22.3 Å². The Morgan fingerprint density at radius 2 is 0.905 bits per heavy atom. The molecule has 0 aliphatic heterocycles. The van der Waals surface area contributed by atoms with E-state index in [0.717, 1.165) is 44.5 Å². The SMILES string of the molecule is Cc1cc(-c2ccccc2[C@@H](C)OC[C@H](O)CNC(C)(C)Cc2ccc(Cl)c(F)c2)ccc1C(=O)O.Cc1cc(-c2ccccc2[C@@H](C)OC[C@H](O)CNC(C)(C)Cc2ccc(Cl)c(F)c2)ccc1C(=O)O.I.O=S(=O)(O)O.O=S(=O)(O)OO. The molecule has 6 aromatic rings. The first-order chi connectivity index (χ1) is 38.5. The van der Waals surface area contributed by atoms with Crippen LogP contribution in [0.4, 0.5) is 8.78 Å². The van der Waals surface area contributed by atoms with Crippen molar-refractivity contribution in [1.82, 2.24) is 10.6 Å². The van der Waals surface area contributed by atoms with Crippen molar-refractivity contribution in [3.63, 3.8) is 0 Å². The summed E-state index contributed by atoms with van der Waals surface area (Å²) in [4.78, 5) is 22.7. The third-order valence-electron chi connectivity index (χ3n) is 12.4. The van der Waals surface area contributed by atoms with Gasteiger partial charge in [0.2, 0.25) is 0 Å². The Morgan fingerprint density at radius 3 is 1.19 bits per heavy atom. The molecule has 0 aliphatic rings. The van der Waals surface area contributed by atoms with Gasteiger partial charge in [0.05, 0.1) is 58.8 Å². The third-order valence-corrected chi connectivity index (χ3v) is 13.2. The number of aliphatic hydroxyl groups excluding tert-OH is 2. The number of nitrogens with one attached hydrogen (secondary N) is 2. The second kappa shape index (κ2) is 34.3. The summed E-state index contributed by atoms with van der Waals surface area (Å²) in [6.45, 7) is 16.3. The van der Waals surface area contributed by atoms with Crippen LogP contribution >= 0.6 is 47.2 Å². The van der Waals surface area contributed by atoms with Gasteiger partial charge in [-0.25, -0.2) is 23.6 Å². The molecular formula is C58H71Cl2F2IN2O17S2. The molecule has 0 radical (unpaired) electrons. The van der Waals surface area contributed by atoms with Crippen LogP contribution in [0, 0.1) is 25.5 Å². The molecule has 6 rings (SSSR count). The van der Waals surface area contributed by atoms with Gasteiger partial charge in [-0.1, -0.05) is 112 Å². The number of carboxylic acids is 2. The maximum absolute atomic E-state index is 13.8. The van der Waals surface area contributed by atoms with E-state index in [1.54, 1.807) is 62.4 Å². The van der Waals surface area contributed by atoms with Crippen LogP contribution in [-0.2, 0) is 47.4 Å². The molecule has 4 atom stereocenters. The van der Waals surface area contributed by atoms with Crippen molar-refractivity contribution < 1.29 is 88.4 Å². The molecule has 0 spiro atoms. The average Bonchev–Trinajstić information content (AvgIpc) is 3.62. The molecule has 0 saturated carbocycles. The van der Waals surface area contributed by atoms with Crippen LogP contribution in [-0.4, -0.2) is 118 Å². The fraction of sp³-hybridized carbons (Fsp3) is 0.345. The Kier molecular flexibility index (Phi) is 30.6. The predicted molar refractivity (Wildman–Crippen MR) is 327 cm³/mol. The zero-order valence-corrected chi connectivity index (χ0v) is 52.6. The van der Waals surface area contributed by atoms with E-state index in [-0.39, 0.29) is 81.6 Å². The number of aliphatic hydroxyl groups is 2. The number of rotatable bonds is 23. The number of halogens is 5. The lowest BCUT2D eigenvalue weighted by Gasteiger charge is -2.28. The highest BCUT2D eigenvalue weighted by molar-refractivity contribution is 14.0. The summed E-state index contributed by atoms with van der Waals surface area (Å²) in [6, 6.07) is 35.7. The van der Waals surface area contributed by atoms with Gasteiger partial charge in [0, 0.05) is 24.2 Å². The highest BCUT2D eigenvalue weighted by atomic mass is 127. The molecule has 6 aromatic carbocycles. The van der Waals surface area contributed by atoms with Crippen molar-refractivity contribution in [3.8, 4) is 22.3 Å². The molecule has 0 fully saturated rings. The lowest BCUT2D eigenvalue weighted by Crippen LogP contribution is -2.46. The molecular weight excluding hydrogens is 1300 g/mol. The smallest absolute Gasteiger partial charge is 0.423 e. The monoisotopic (exact) mass is 1370 g/mol. The second-order valence-electron chi connectivity index (χ2n) is 20.4. The molecule has 0 aliphatic carbocycles. The predicted octanol–water partition coefficient (Wildman–Crippen LogP) is 11.6. The lowest BCUT2D eigenvalue weighted by molar-refractivity contribution is -0.139. The molecule has 19 nitrogen and oxygen atoms in total. The summed E-state index contributed by atoms with van der Waals surface area (Å²) >= 11 is 11.5. The third kappa shape index (κ3) is 27.1. The Labute approximate surface area is 515 Å². The topological polar surface area (TPSA) is 316 Å². The number of ether oxygens (including phenoxy) is 2. The standard InChI is InChI=1S/2C29H33ClFNO4.HI.H2O5S.H2O4S/c2*1-18-13-21(10-11-23(18)28(34)35)25-8-6-5-7-24(25)19(2)36-17-22(33)16-32-29(3,4)15-20-9-12-26(30)27(31)14-20;;1-5-6(2,3)4;1-5(2,3)4/h2*5-14,19,22,32-33H,15-17H2,1-4H3,(H,34,35);1H;1H,(H,2,3,4);(H2,1,2,3,4)/t2*19-,22-;;;/m11.../s1. The molecule has 0 unspecified atom stereocenters. The van der Waals surface area contributed by atoms with Gasteiger partial charge in [-0.2, -0.15) is 16.8 Å². The Balaban J connectivity index is 0.000000481. The maximum Gasteiger partial charge on any atom is 0.423 e. The van der Waals surface area contributed by atoms with Gasteiger partial charge in [-0.3, -0.25) is 13.7 Å². The van der Waals surface area contributed by atoms with E-state index in [1.165, 1.54) is 12.1 Å². The first kappa shape index (κ1) is 75.0. The van der Waals surface area contributed by atoms with Crippen LogP contribution in [0.2, 0.25) is 10.0 Å².